The summed E-state index contributed by atoms with van der Waals surface area (Å²) < 4.78 is 2.34. The molecule has 6 rings (SSSR count). The number of fused-ring (bicyclic) bond motifs is 2. The van der Waals surface area contributed by atoms with Gasteiger partial charge in [0, 0.05) is 34.9 Å². The van der Waals surface area contributed by atoms with Gasteiger partial charge in [0.05, 0.1) is 27.8 Å². The van der Waals surface area contributed by atoms with Gasteiger partial charge in [0.15, 0.2) is 0 Å². The number of carboxylic acid groups (broad SMARTS) is 1. The third-order valence-corrected chi connectivity index (χ3v) is 6.72. The van der Waals surface area contributed by atoms with Crippen LogP contribution in [-0.4, -0.2) is 30.6 Å². The minimum absolute atomic E-state index is 0.266. The first-order valence-electron chi connectivity index (χ1n) is 11.5. The Morgan fingerprint density at radius 3 is 2.58 bits per heavy atom. The van der Waals surface area contributed by atoms with Crippen molar-refractivity contribution in [2.75, 3.05) is 0 Å². The lowest BCUT2D eigenvalue weighted by Gasteiger charge is -2.25. The van der Waals surface area contributed by atoms with E-state index in [9.17, 15) is 9.90 Å². The number of nitrogens with zero attached hydrogens (tertiary/aromatic N) is 3. The van der Waals surface area contributed by atoms with Crippen LogP contribution in [0.25, 0.3) is 44.6 Å². The lowest BCUT2D eigenvalue weighted by atomic mass is 9.94. The van der Waals surface area contributed by atoms with Gasteiger partial charge in [0.1, 0.15) is 5.82 Å². The minimum Gasteiger partial charge on any atom is -0.478 e. The van der Waals surface area contributed by atoms with E-state index in [1.54, 1.807) is 12.1 Å². The number of aromatic amines is 1. The van der Waals surface area contributed by atoms with E-state index in [0.29, 0.717) is 6.04 Å². The molecule has 164 valence electrons. The first-order valence-corrected chi connectivity index (χ1v) is 11.5. The number of carbonyl (C=O) groups is 1. The highest BCUT2D eigenvalue weighted by atomic mass is 16.4. The van der Waals surface area contributed by atoms with Crippen LogP contribution in [0.2, 0.25) is 0 Å². The van der Waals surface area contributed by atoms with Crippen molar-refractivity contribution in [1.82, 2.24) is 19.5 Å². The molecule has 6 nitrogen and oxygen atoms in total. The van der Waals surface area contributed by atoms with Crippen LogP contribution in [0.3, 0.4) is 0 Å². The number of benzene rings is 2. The second kappa shape index (κ2) is 7.89. The molecule has 3 heterocycles. The maximum atomic E-state index is 11.5. The van der Waals surface area contributed by atoms with E-state index in [2.05, 4.69) is 27.8 Å². The van der Waals surface area contributed by atoms with Gasteiger partial charge in [-0.05, 0) is 61.4 Å². The monoisotopic (exact) mass is 436 g/mol. The van der Waals surface area contributed by atoms with Gasteiger partial charge < -0.3 is 14.7 Å². The predicted molar refractivity (Wildman–Crippen MR) is 129 cm³/mol. The number of nitrogens with one attached hydrogen (secondary N) is 1. The molecule has 0 bridgehead atoms. The fourth-order valence-corrected chi connectivity index (χ4v) is 5.05. The zero-order chi connectivity index (χ0) is 22.4. The number of H-pyrrole nitrogens is 1. The molecule has 0 saturated heterocycles. The summed E-state index contributed by atoms with van der Waals surface area (Å²) in [4.78, 5) is 24.4. The van der Waals surface area contributed by atoms with E-state index in [1.165, 1.54) is 19.3 Å². The number of aromatic carboxylic acids is 1. The zero-order valence-corrected chi connectivity index (χ0v) is 18.2. The predicted octanol–water partition coefficient (Wildman–Crippen LogP) is 6.45. The fourth-order valence-electron chi connectivity index (χ4n) is 5.05. The van der Waals surface area contributed by atoms with Crippen molar-refractivity contribution >= 4 is 27.9 Å². The molecule has 1 aliphatic carbocycles. The molecule has 5 aromatic rings. The van der Waals surface area contributed by atoms with E-state index in [-0.39, 0.29) is 5.56 Å². The molecule has 0 atom stereocenters. The lowest BCUT2D eigenvalue weighted by molar-refractivity contribution is 0.0697. The third-order valence-electron chi connectivity index (χ3n) is 6.72. The molecule has 0 amide bonds. The number of hydrogen-bond acceptors (Lipinski definition) is 3. The average Bonchev–Trinajstić information content (AvgIpc) is 3.52. The number of carboxylic acids is 1. The Bertz CT molecular complexity index is 1480. The van der Waals surface area contributed by atoms with Crippen molar-refractivity contribution in [3.63, 3.8) is 0 Å². The molecule has 0 aliphatic heterocycles. The van der Waals surface area contributed by atoms with Crippen molar-refractivity contribution < 1.29 is 9.90 Å². The Morgan fingerprint density at radius 1 is 0.909 bits per heavy atom. The second-order valence-corrected chi connectivity index (χ2v) is 8.81. The van der Waals surface area contributed by atoms with Gasteiger partial charge in [-0.15, -0.1) is 0 Å². The van der Waals surface area contributed by atoms with E-state index >= 15 is 0 Å². The molecule has 6 heteroatoms. The SMILES string of the molecule is O=C(O)c1ccc2c(c1)nc(-c1ccc3nc(-c4cc[nH]c4)ccc3c1)n2C1CCCCC1. The van der Waals surface area contributed by atoms with Crippen molar-refractivity contribution in [3.8, 4) is 22.6 Å². The Balaban J connectivity index is 1.50. The molecule has 1 aliphatic rings. The maximum absolute atomic E-state index is 11.5. The van der Waals surface area contributed by atoms with Gasteiger partial charge >= 0.3 is 5.97 Å². The van der Waals surface area contributed by atoms with Crippen molar-refractivity contribution in [2.24, 2.45) is 0 Å². The van der Waals surface area contributed by atoms with Gasteiger partial charge in [-0.3, -0.25) is 0 Å². The zero-order valence-electron chi connectivity index (χ0n) is 18.2. The van der Waals surface area contributed by atoms with E-state index in [1.807, 2.05) is 36.7 Å². The third kappa shape index (κ3) is 3.48. The maximum Gasteiger partial charge on any atom is 0.335 e. The Morgan fingerprint density at radius 2 is 1.79 bits per heavy atom. The highest BCUT2D eigenvalue weighted by Gasteiger charge is 2.23. The molecule has 0 unspecified atom stereocenters. The summed E-state index contributed by atoms with van der Waals surface area (Å²) in [6, 6.07) is 18.1. The summed E-state index contributed by atoms with van der Waals surface area (Å²) in [6.07, 6.45) is 9.77. The number of rotatable bonds is 4. The number of aromatic nitrogens is 4. The van der Waals surface area contributed by atoms with E-state index in [4.69, 9.17) is 9.97 Å². The molecular formula is C27H24N4O2. The first kappa shape index (κ1) is 19.7. The highest BCUT2D eigenvalue weighted by molar-refractivity contribution is 5.94. The molecule has 0 radical (unpaired) electrons. The summed E-state index contributed by atoms with van der Waals surface area (Å²) >= 11 is 0. The minimum atomic E-state index is -0.930. The summed E-state index contributed by atoms with van der Waals surface area (Å²) in [5.74, 6) is -0.0308. The topological polar surface area (TPSA) is 83.8 Å². The smallest absolute Gasteiger partial charge is 0.335 e. The summed E-state index contributed by atoms with van der Waals surface area (Å²) in [7, 11) is 0. The van der Waals surface area contributed by atoms with Crippen molar-refractivity contribution in [3.05, 3.63) is 72.6 Å². The van der Waals surface area contributed by atoms with E-state index in [0.717, 1.165) is 57.4 Å². The quantitative estimate of drug-likeness (QED) is 0.339. The Kier molecular flexibility index (Phi) is 4.72. The van der Waals surface area contributed by atoms with Crippen LogP contribution in [-0.2, 0) is 0 Å². The molecule has 33 heavy (non-hydrogen) atoms. The van der Waals surface area contributed by atoms with Gasteiger partial charge in [-0.1, -0.05) is 25.3 Å². The summed E-state index contributed by atoms with van der Waals surface area (Å²) in [5, 5.41) is 10.5. The highest BCUT2D eigenvalue weighted by Crippen LogP contribution is 2.37. The van der Waals surface area contributed by atoms with Crippen LogP contribution < -0.4 is 0 Å². The average molecular weight is 437 g/mol. The van der Waals surface area contributed by atoms with Gasteiger partial charge in [0.2, 0.25) is 0 Å². The van der Waals surface area contributed by atoms with Crippen LogP contribution in [0.15, 0.2) is 67.0 Å². The Hall–Kier alpha value is -3.93. The van der Waals surface area contributed by atoms with Crippen LogP contribution in [0.4, 0.5) is 0 Å². The van der Waals surface area contributed by atoms with Crippen molar-refractivity contribution in [1.29, 1.82) is 0 Å². The van der Waals surface area contributed by atoms with Crippen LogP contribution in [0.5, 0.6) is 0 Å². The number of hydrogen-bond donors (Lipinski definition) is 2. The molecule has 1 fully saturated rings. The largest absolute Gasteiger partial charge is 0.478 e. The van der Waals surface area contributed by atoms with Crippen LogP contribution >= 0.6 is 0 Å². The molecule has 2 aromatic carbocycles. The van der Waals surface area contributed by atoms with Gasteiger partial charge in [-0.25, -0.2) is 14.8 Å². The molecule has 2 N–H and O–H groups in total. The van der Waals surface area contributed by atoms with Crippen LogP contribution in [0, 0.1) is 0 Å². The normalized spacial score (nSPS) is 14.8. The second-order valence-electron chi connectivity index (χ2n) is 8.81. The van der Waals surface area contributed by atoms with E-state index < -0.39 is 5.97 Å². The molecule has 1 saturated carbocycles. The first-order chi connectivity index (χ1) is 16.2. The fraction of sp³-hybridized carbons (Fsp3) is 0.222. The Labute approximate surface area is 190 Å². The lowest BCUT2D eigenvalue weighted by Crippen LogP contribution is -2.14. The van der Waals surface area contributed by atoms with Crippen molar-refractivity contribution in [2.45, 2.75) is 38.1 Å². The molecular weight excluding hydrogens is 412 g/mol. The number of pyridine rings is 1. The molecule has 3 aromatic heterocycles. The standard InChI is InChI=1S/C27H24N4O2/c32-27(33)19-8-11-25-24(15-19)30-26(31(25)21-4-2-1-3-5-21)18-7-10-22-17(14-18)6-9-23(29-22)20-12-13-28-16-20/h6-16,21,28H,1-5H2,(H,32,33). The van der Waals surface area contributed by atoms with Gasteiger partial charge in [-0.2, -0.15) is 0 Å². The summed E-state index contributed by atoms with van der Waals surface area (Å²) in [6.45, 7) is 0. The van der Waals surface area contributed by atoms with Crippen LogP contribution in [0.1, 0.15) is 48.5 Å². The number of imidazole rings is 1. The van der Waals surface area contributed by atoms with Gasteiger partial charge in [0.25, 0.3) is 0 Å². The molecule has 0 spiro atoms. The summed E-state index contributed by atoms with van der Waals surface area (Å²) in [5.41, 5.74) is 5.96.